The molecule has 0 aliphatic rings. The molecule has 8 heteroatoms. The van der Waals surface area contributed by atoms with E-state index in [0.717, 1.165) is 43.1 Å². The number of aromatic nitrogens is 4. The smallest absolute Gasteiger partial charge is 0.235 e. The molecule has 0 saturated heterocycles. The molecule has 2 aromatic heterocycles. The van der Waals surface area contributed by atoms with E-state index >= 15 is 0 Å². The van der Waals surface area contributed by atoms with Crippen LogP contribution in [0.15, 0.2) is 109 Å². The number of nitrogens with zero attached hydrogens (tertiary/aromatic N) is 4. The highest BCUT2D eigenvalue weighted by atomic mass is 32.1. The number of fused-ring (bicyclic) bond motifs is 3. The first-order valence-corrected chi connectivity index (χ1v) is 13.0. The molecule has 2 heterocycles. The Morgan fingerprint density at radius 3 is 1.55 bits per heavy atom. The van der Waals surface area contributed by atoms with Gasteiger partial charge in [0, 0.05) is 22.1 Å². The molecule has 0 fully saturated rings. The van der Waals surface area contributed by atoms with Gasteiger partial charge in [0.2, 0.25) is 17.8 Å². The van der Waals surface area contributed by atoms with Gasteiger partial charge < -0.3 is 10.6 Å². The highest BCUT2D eigenvalue weighted by Crippen LogP contribution is 2.30. The number of para-hydroxylation sites is 1. The Kier molecular flexibility index (Phi) is 5.49. The van der Waals surface area contributed by atoms with Crippen LogP contribution in [0.5, 0.6) is 0 Å². The van der Waals surface area contributed by atoms with E-state index in [-0.39, 0.29) is 0 Å². The van der Waals surface area contributed by atoms with Gasteiger partial charge in [-0.05, 0) is 35.0 Å². The lowest BCUT2D eigenvalue weighted by molar-refractivity contribution is 1.06. The first-order valence-electron chi connectivity index (χ1n) is 12.2. The zero-order valence-electron chi connectivity index (χ0n) is 20.1. The minimum Gasteiger partial charge on any atom is -0.323 e. The van der Waals surface area contributed by atoms with Gasteiger partial charge in [-0.3, -0.25) is 5.32 Å². The maximum atomic E-state index is 4.72. The molecule has 0 aliphatic heterocycles. The van der Waals surface area contributed by atoms with E-state index in [2.05, 4.69) is 67.3 Å². The van der Waals surface area contributed by atoms with E-state index in [1.807, 2.05) is 72.8 Å². The van der Waals surface area contributed by atoms with Crippen LogP contribution in [0.4, 0.5) is 34.4 Å². The Labute approximate surface area is 222 Å². The van der Waals surface area contributed by atoms with Crippen molar-refractivity contribution >= 4 is 77.4 Å². The first kappa shape index (κ1) is 22.1. The van der Waals surface area contributed by atoms with Crippen molar-refractivity contribution in [3.05, 3.63) is 109 Å². The average Bonchev–Trinajstić information content (AvgIpc) is 3.36. The molecule has 0 atom stereocenters. The molecule has 7 aromatic rings. The lowest BCUT2D eigenvalue weighted by atomic mass is 10.1. The second kappa shape index (κ2) is 9.42. The van der Waals surface area contributed by atoms with Gasteiger partial charge in [0.05, 0.1) is 10.2 Å². The van der Waals surface area contributed by atoms with Crippen LogP contribution >= 0.6 is 11.3 Å². The summed E-state index contributed by atoms with van der Waals surface area (Å²) in [6.07, 6.45) is 0. The SMILES string of the molecule is c1ccc2c(Nc3nc(Nc4nc5ccccc5s4)nc(Nc4cccc5ccccc45)n3)cccc2c1. The number of thiazole rings is 1. The molecule has 0 spiro atoms. The fourth-order valence-corrected chi connectivity index (χ4v) is 5.33. The van der Waals surface area contributed by atoms with Gasteiger partial charge in [0.25, 0.3) is 0 Å². The van der Waals surface area contributed by atoms with Gasteiger partial charge in [0.15, 0.2) is 5.13 Å². The summed E-state index contributed by atoms with van der Waals surface area (Å²) in [5, 5.41) is 15.2. The number of anilines is 6. The standard InChI is InChI=1S/C30H21N7S/c1-3-13-21-19(9-1)11-7-16-23(21)31-27-34-28(32-24-17-8-12-20-10-2-4-14-22(20)24)36-29(35-27)37-30-33-25-15-5-6-18-26(25)38-30/h1-18H,(H3,31,32,33,34,35,36,37). The Morgan fingerprint density at radius 1 is 0.447 bits per heavy atom. The van der Waals surface area contributed by atoms with Crippen LogP contribution in [-0.4, -0.2) is 19.9 Å². The van der Waals surface area contributed by atoms with Crippen molar-refractivity contribution < 1.29 is 0 Å². The molecule has 7 rings (SSSR count). The molecule has 5 aromatic carbocycles. The Bertz CT molecular complexity index is 1790. The van der Waals surface area contributed by atoms with E-state index in [0.29, 0.717) is 23.0 Å². The molecule has 0 unspecified atom stereocenters. The predicted octanol–water partition coefficient (Wildman–Crippen LogP) is 8.02. The summed E-state index contributed by atoms with van der Waals surface area (Å²) in [6, 6.07) is 36.7. The number of benzene rings is 5. The average molecular weight is 512 g/mol. The highest BCUT2D eigenvalue weighted by molar-refractivity contribution is 7.22. The molecule has 0 amide bonds. The summed E-state index contributed by atoms with van der Waals surface area (Å²) in [5.41, 5.74) is 2.75. The van der Waals surface area contributed by atoms with Crippen LogP contribution in [-0.2, 0) is 0 Å². The van der Waals surface area contributed by atoms with Crippen molar-refractivity contribution in [2.75, 3.05) is 16.0 Å². The largest absolute Gasteiger partial charge is 0.323 e. The molecule has 182 valence electrons. The third kappa shape index (κ3) is 4.33. The monoisotopic (exact) mass is 511 g/mol. The van der Waals surface area contributed by atoms with E-state index < -0.39 is 0 Å². The molecule has 0 aliphatic carbocycles. The van der Waals surface area contributed by atoms with Gasteiger partial charge in [-0.1, -0.05) is 96.3 Å². The van der Waals surface area contributed by atoms with Crippen molar-refractivity contribution in [1.29, 1.82) is 0 Å². The van der Waals surface area contributed by atoms with Crippen molar-refractivity contribution in [2.45, 2.75) is 0 Å². The second-order valence-corrected chi connectivity index (χ2v) is 9.75. The quantitative estimate of drug-likeness (QED) is 0.208. The maximum Gasteiger partial charge on any atom is 0.235 e. The minimum absolute atomic E-state index is 0.393. The van der Waals surface area contributed by atoms with Crippen LogP contribution in [0.3, 0.4) is 0 Å². The normalized spacial score (nSPS) is 11.2. The van der Waals surface area contributed by atoms with Gasteiger partial charge in [-0.25, -0.2) is 4.98 Å². The zero-order valence-corrected chi connectivity index (χ0v) is 20.9. The third-order valence-corrected chi connectivity index (χ3v) is 7.17. The predicted molar refractivity (Wildman–Crippen MR) is 157 cm³/mol. The van der Waals surface area contributed by atoms with Gasteiger partial charge in [-0.2, -0.15) is 15.0 Å². The minimum atomic E-state index is 0.393. The van der Waals surface area contributed by atoms with Crippen molar-refractivity contribution in [2.24, 2.45) is 0 Å². The van der Waals surface area contributed by atoms with Crippen LogP contribution in [0.1, 0.15) is 0 Å². The van der Waals surface area contributed by atoms with Gasteiger partial charge in [-0.15, -0.1) is 0 Å². The molecule has 0 radical (unpaired) electrons. The number of hydrogen-bond acceptors (Lipinski definition) is 8. The lowest BCUT2D eigenvalue weighted by Gasteiger charge is -2.13. The second-order valence-electron chi connectivity index (χ2n) is 8.72. The lowest BCUT2D eigenvalue weighted by Crippen LogP contribution is -2.07. The number of hydrogen-bond donors (Lipinski definition) is 3. The first-order chi connectivity index (χ1) is 18.8. The summed E-state index contributed by atoms with van der Waals surface area (Å²) in [4.78, 5) is 18.8. The number of nitrogens with one attached hydrogen (secondary N) is 3. The summed E-state index contributed by atoms with van der Waals surface area (Å²) >= 11 is 1.55. The van der Waals surface area contributed by atoms with E-state index in [1.165, 1.54) is 0 Å². The van der Waals surface area contributed by atoms with Crippen LogP contribution in [0.2, 0.25) is 0 Å². The van der Waals surface area contributed by atoms with Crippen molar-refractivity contribution in [3.8, 4) is 0 Å². The fraction of sp³-hybridized carbons (Fsp3) is 0. The van der Waals surface area contributed by atoms with Crippen molar-refractivity contribution in [1.82, 2.24) is 19.9 Å². The Balaban J connectivity index is 1.29. The molecule has 0 saturated carbocycles. The molecule has 38 heavy (non-hydrogen) atoms. The van der Waals surface area contributed by atoms with Gasteiger partial charge >= 0.3 is 0 Å². The summed E-state index contributed by atoms with van der Waals surface area (Å²) in [7, 11) is 0. The summed E-state index contributed by atoms with van der Waals surface area (Å²) < 4.78 is 1.09. The van der Waals surface area contributed by atoms with Crippen molar-refractivity contribution in [3.63, 3.8) is 0 Å². The summed E-state index contributed by atoms with van der Waals surface area (Å²) in [6.45, 7) is 0. The Hall–Kier alpha value is -5.08. The van der Waals surface area contributed by atoms with Crippen LogP contribution in [0.25, 0.3) is 31.8 Å². The van der Waals surface area contributed by atoms with E-state index in [1.54, 1.807) is 11.3 Å². The van der Waals surface area contributed by atoms with Gasteiger partial charge in [0.1, 0.15) is 0 Å². The third-order valence-electron chi connectivity index (χ3n) is 6.22. The molecular weight excluding hydrogens is 490 g/mol. The molecule has 7 nitrogen and oxygen atoms in total. The summed E-state index contributed by atoms with van der Waals surface area (Å²) in [5.74, 6) is 1.23. The maximum absolute atomic E-state index is 4.72. The Morgan fingerprint density at radius 2 is 0.947 bits per heavy atom. The highest BCUT2D eigenvalue weighted by Gasteiger charge is 2.12. The van der Waals surface area contributed by atoms with Crippen LogP contribution < -0.4 is 16.0 Å². The van der Waals surface area contributed by atoms with E-state index in [4.69, 9.17) is 4.98 Å². The van der Waals surface area contributed by atoms with E-state index in [9.17, 15) is 0 Å². The molecule has 3 N–H and O–H groups in total. The van der Waals surface area contributed by atoms with Crippen LogP contribution in [0, 0.1) is 0 Å². The number of rotatable bonds is 6. The zero-order chi connectivity index (χ0) is 25.3. The molecule has 0 bridgehead atoms. The fourth-order valence-electron chi connectivity index (χ4n) is 4.47. The topological polar surface area (TPSA) is 87.7 Å². The molecular formula is C30H21N7S.